The van der Waals surface area contributed by atoms with E-state index in [0.717, 1.165) is 18.2 Å². The summed E-state index contributed by atoms with van der Waals surface area (Å²) in [5, 5.41) is 14.7. The van der Waals surface area contributed by atoms with Gasteiger partial charge < -0.3 is 20.1 Å². The molecule has 1 aliphatic rings. The van der Waals surface area contributed by atoms with E-state index in [-0.39, 0.29) is 0 Å². The SMILES string of the molecule is CC1CC[NH+]([C@@H](C[NH2+]C[C@@H](O)COc2ccccc2)c2cccs2)CC1. The molecule has 2 heterocycles. The van der Waals surface area contributed by atoms with Gasteiger partial charge in [-0.2, -0.15) is 0 Å². The Balaban J connectivity index is 1.45. The van der Waals surface area contributed by atoms with Crippen LogP contribution in [0.2, 0.25) is 0 Å². The van der Waals surface area contributed by atoms with Gasteiger partial charge in [0.05, 0.1) is 18.0 Å². The highest BCUT2D eigenvalue weighted by Gasteiger charge is 2.30. The molecule has 142 valence electrons. The van der Waals surface area contributed by atoms with E-state index < -0.39 is 6.10 Å². The number of benzene rings is 1. The number of hydrogen-bond acceptors (Lipinski definition) is 3. The minimum atomic E-state index is -0.449. The van der Waals surface area contributed by atoms with Crippen LogP contribution in [0.3, 0.4) is 0 Å². The van der Waals surface area contributed by atoms with Gasteiger partial charge in [0.15, 0.2) is 6.04 Å². The Bertz CT molecular complexity index is 612. The van der Waals surface area contributed by atoms with Crippen LogP contribution in [0.4, 0.5) is 0 Å². The van der Waals surface area contributed by atoms with Crippen LogP contribution in [0.5, 0.6) is 5.75 Å². The van der Waals surface area contributed by atoms with Crippen molar-refractivity contribution in [2.75, 3.05) is 32.8 Å². The summed E-state index contributed by atoms with van der Waals surface area (Å²) in [6, 6.07) is 14.7. The summed E-state index contributed by atoms with van der Waals surface area (Å²) in [6.45, 7) is 6.93. The van der Waals surface area contributed by atoms with Crippen LogP contribution in [0.1, 0.15) is 30.7 Å². The van der Waals surface area contributed by atoms with Gasteiger partial charge in [0.25, 0.3) is 0 Å². The summed E-state index contributed by atoms with van der Waals surface area (Å²) in [7, 11) is 0. The molecule has 5 heteroatoms. The second-order valence-electron chi connectivity index (χ2n) is 7.45. The van der Waals surface area contributed by atoms with Gasteiger partial charge in [-0.3, -0.25) is 0 Å². The van der Waals surface area contributed by atoms with Crippen molar-refractivity contribution in [3.8, 4) is 5.75 Å². The van der Waals surface area contributed by atoms with E-state index in [4.69, 9.17) is 4.74 Å². The predicted octanol–water partition coefficient (Wildman–Crippen LogP) is 1.11. The molecular weight excluding hydrogens is 344 g/mol. The highest BCUT2D eigenvalue weighted by Crippen LogP contribution is 2.17. The Morgan fingerprint density at radius 1 is 1.15 bits per heavy atom. The van der Waals surface area contributed by atoms with Crippen LogP contribution in [0, 0.1) is 5.92 Å². The van der Waals surface area contributed by atoms with Crippen LogP contribution >= 0.6 is 11.3 Å². The number of likely N-dealkylation sites (tertiary alicyclic amines) is 1. The zero-order valence-electron chi connectivity index (χ0n) is 15.6. The maximum atomic E-state index is 10.2. The Morgan fingerprint density at radius 3 is 2.62 bits per heavy atom. The number of nitrogens with two attached hydrogens (primary N) is 1. The van der Waals surface area contributed by atoms with Gasteiger partial charge >= 0.3 is 0 Å². The molecule has 0 bridgehead atoms. The number of para-hydroxylation sites is 1. The second kappa shape index (κ2) is 10.1. The summed E-state index contributed by atoms with van der Waals surface area (Å²) in [5.41, 5.74) is 0. The quantitative estimate of drug-likeness (QED) is 0.614. The molecule has 2 aromatic rings. The van der Waals surface area contributed by atoms with E-state index in [1.165, 1.54) is 30.8 Å². The van der Waals surface area contributed by atoms with Crippen molar-refractivity contribution < 1.29 is 20.1 Å². The van der Waals surface area contributed by atoms with Gasteiger partial charge in [-0.15, -0.1) is 11.3 Å². The minimum absolute atomic E-state index is 0.346. The normalized spacial score (nSPS) is 22.7. The zero-order valence-corrected chi connectivity index (χ0v) is 16.5. The van der Waals surface area contributed by atoms with E-state index >= 15 is 0 Å². The molecule has 1 saturated heterocycles. The third kappa shape index (κ3) is 5.81. The molecule has 0 radical (unpaired) electrons. The fourth-order valence-corrected chi connectivity index (χ4v) is 4.59. The van der Waals surface area contributed by atoms with Gasteiger partial charge in [-0.05, 0) is 42.3 Å². The van der Waals surface area contributed by atoms with Crippen molar-refractivity contribution in [2.45, 2.75) is 31.9 Å². The third-order valence-corrected chi connectivity index (χ3v) is 6.31. The zero-order chi connectivity index (χ0) is 18.2. The molecule has 4 nitrogen and oxygen atoms in total. The number of nitrogens with one attached hydrogen (secondary N) is 1. The molecule has 1 aliphatic heterocycles. The average molecular weight is 377 g/mol. The highest BCUT2D eigenvalue weighted by atomic mass is 32.1. The van der Waals surface area contributed by atoms with Crippen LogP contribution < -0.4 is 15.0 Å². The van der Waals surface area contributed by atoms with Crippen molar-refractivity contribution in [1.82, 2.24) is 0 Å². The third-order valence-electron chi connectivity index (χ3n) is 5.32. The monoisotopic (exact) mass is 376 g/mol. The molecule has 1 aromatic carbocycles. The summed E-state index contributed by atoms with van der Waals surface area (Å²) in [6.07, 6.45) is 2.20. The molecule has 3 rings (SSSR count). The number of quaternary nitrogens is 2. The minimum Gasteiger partial charge on any atom is -0.491 e. The lowest BCUT2D eigenvalue weighted by molar-refractivity contribution is -0.950. The molecule has 1 aromatic heterocycles. The summed E-state index contributed by atoms with van der Waals surface area (Å²) in [5.74, 6) is 1.68. The Kier molecular flexibility index (Phi) is 7.50. The first-order valence-corrected chi connectivity index (χ1v) is 10.7. The van der Waals surface area contributed by atoms with Crippen LogP contribution in [0.15, 0.2) is 47.8 Å². The smallest absolute Gasteiger partial charge is 0.172 e. The van der Waals surface area contributed by atoms with Crippen molar-refractivity contribution in [3.05, 3.63) is 52.7 Å². The molecule has 1 fully saturated rings. The highest BCUT2D eigenvalue weighted by molar-refractivity contribution is 7.10. The second-order valence-corrected chi connectivity index (χ2v) is 8.43. The molecule has 0 saturated carbocycles. The Hall–Kier alpha value is -1.40. The lowest BCUT2D eigenvalue weighted by atomic mass is 9.97. The number of thiophene rings is 1. The number of hydrogen-bond donors (Lipinski definition) is 3. The van der Waals surface area contributed by atoms with Gasteiger partial charge in [-0.1, -0.05) is 31.2 Å². The fourth-order valence-electron chi connectivity index (χ4n) is 3.69. The standard InChI is InChI=1S/C21H30N2O2S/c1-17-9-11-23(12-10-17)20(21-8-5-13-26-21)15-22-14-18(24)16-25-19-6-3-2-4-7-19/h2-8,13,17-18,20,22,24H,9-12,14-16H2,1H3/p+2/t18-,20+/m1/s1. The fraction of sp³-hybridized carbons (Fsp3) is 0.524. The Labute approximate surface area is 160 Å². The number of aliphatic hydroxyl groups excluding tert-OH is 1. The average Bonchev–Trinajstić information content (AvgIpc) is 3.20. The van der Waals surface area contributed by atoms with Crippen molar-refractivity contribution >= 4 is 11.3 Å². The van der Waals surface area contributed by atoms with Crippen LogP contribution in [0.25, 0.3) is 0 Å². The van der Waals surface area contributed by atoms with Gasteiger partial charge in [0.2, 0.25) is 0 Å². The maximum absolute atomic E-state index is 10.2. The number of aliphatic hydroxyl groups is 1. The summed E-state index contributed by atoms with van der Waals surface area (Å²) >= 11 is 1.86. The largest absolute Gasteiger partial charge is 0.491 e. The maximum Gasteiger partial charge on any atom is 0.172 e. The van der Waals surface area contributed by atoms with Crippen molar-refractivity contribution in [1.29, 1.82) is 0 Å². The van der Waals surface area contributed by atoms with Crippen LogP contribution in [-0.4, -0.2) is 44.0 Å². The van der Waals surface area contributed by atoms with Crippen molar-refractivity contribution in [2.24, 2.45) is 5.92 Å². The lowest BCUT2D eigenvalue weighted by Gasteiger charge is -2.32. The Morgan fingerprint density at radius 2 is 1.92 bits per heavy atom. The summed E-state index contributed by atoms with van der Waals surface area (Å²) < 4.78 is 5.65. The number of ether oxygens (including phenoxy) is 1. The van der Waals surface area contributed by atoms with Crippen molar-refractivity contribution in [3.63, 3.8) is 0 Å². The van der Waals surface area contributed by atoms with Gasteiger partial charge in [0.1, 0.15) is 31.5 Å². The first-order valence-electron chi connectivity index (χ1n) is 9.78. The first kappa shape index (κ1) is 19.4. The first-order chi connectivity index (χ1) is 12.7. The molecular formula is C21H32N2O2S+2. The molecule has 0 amide bonds. The molecule has 2 atom stereocenters. The molecule has 26 heavy (non-hydrogen) atoms. The molecule has 0 aliphatic carbocycles. The van der Waals surface area contributed by atoms with Gasteiger partial charge in [0, 0.05) is 0 Å². The number of piperidine rings is 1. The topological polar surface area (TPSA) is 50.5 Å². The molecule has 0 spiro atoms. The summed E-state index contributed by atoms with van der Waals surface area (Å²) in [4.78, 5) is 3.18. The van der Waals surface area contributed by atoms with Crippen LogP contribution in [-0.2, 0) is 0 Å². The van der Waals surface area contributed by atoms with E-state index in [0.29, 0.717) is 19.2 Å². The number of rotatable bonds is 9. The van der Waals surface area contributed by atoms with Gasteiger partial charge in [-0.25, -0.2) is 0 Å². The van der Waals surface area contributed by atoms with E-state index in [9.17, 15) is 5.11 Å². The molecule has 4 N–H and O–H groups in total. The van der Waals surface area contributed by atoms with E-state index in [1.54, 1.807) is 4.90 Å². The lowest BCUT2D eigenvalue weighted by Crippen LogP contribution is -3.15. The van der Waals surface area contributed by atoms with E-state index in [1.807, 2.05) is 41.7 Å². The molecule has 0 unspecified atom stereocenters. The predicted molar refractivity (Wildman–Crippen MR) is 106 cm³/mol. The van der Waals surface area contributed by atoms with E-state index in [2.05, 4.69) is 29.8 Å².